The van der Waals surface area contributed by atoms with Gasteiger partial charge in [-0.2, -0.15) is 0 Å². The van der Waals surface area contributed by atoms with Gasteiger partial charge in [0.1, 0.15) is 23.9 Å². The SMILES string of the molecule is COc1ccc(-c2ccc(CCc3ccc(OC)c(Oc4ccc(C5SCCCS5)cc4)c3)cc2OCc2ccccc2)c(CO)c1. The predicted octanol–water partition coefficient (Wildman–Crippen LogP) is 9.89. The van der Waals surface area contributed by atoms with E-state index in [0.29, 0.717) is 28.4 Å². The molecule has 1 aliphatic rings. The molecule has 1 fully saturated rings. The van der Waals surface area contributed by atoms with E-state index >= 15 is 0 Å². The normalized spacial score (nSPS) is 13.3. The molecule has 5 aromatic carbocycles. The third kappa shape index (κ3) is 8.47. The van der Waals surface area contributed by atoms with Crippen molar-refractivity contribution in [2.45, 2.75) is 37.1 Å². The number of thioether (sulfide) groups is 2. The maximum absolute atomic E-state index is 10.2. The molecule has 1 heterocycles. The zero-order valence-electron chi connectivity index (χ0n) is 26.8. The molecule has 1 aliphatic heterocycles. The summed E-state index contributed by atoms with van der Waals surface area (Å²) in [4.78, 5) is 0. The quantitative estimate of drug-likeness (QED) is 0.134. The Balaban J connectivity index is 1.20. The number of ether oxygens (including phenoxy) is 4. The van der Waals surface area contributed by atoms with E-state index < -0.39 is 0 Å². The van der Waals surface area contributed by atoms with E-state index in [1.54, 1.807) is 14.2 Å². The van der Waals surface area contributed by atoms with Crippen molar-refractivity contribution >= 4 is 23.5 Å². The summed E-state index contributed by atoms with van der Waals surface area (Å²) >= 11 is 4.04. The monoisotopic (exact) mass is 664 g/mol. The Kier molecular flexibility index (Phi) is 11.3. The Morgan fingerprint density at radius 2 is 1.32 bits per heavy atom. The van der Waals surface area contributed by atoms with Crippen LogP contribution in [0.4, 0.5) is 0 Å². The van der Waals surface area contributed by atoms with Crippen molar-refractivity contribution in [2.75, 3.05) is 25.7 Å². The minimum absolute atomic E-state index is 0.100. The van der Waals surface area contributed by atoms with Gasteiger partial charge < -0.3 is 24.1 Å². The van der Waals surface area contributed by atoms with E-state index in [0.717, 1.165) is 57.7 Å². The number of hydrogen-bond donors (Lipinski definition) is 1. The first kappa shape index (κ1) is 32.9. The summed E-state index contributed by atoms with van der Waals surface area (Å²) < 4.78 is 24.3. The van der Waals surface area contributed by atoms with Gasteiger partial charge in [0.15, 0.2) is 11.5 Å². The largest absolute Gasteiger partial charge is 0.497 e. The summed E-state index contributed by atoms with van der Waals surface area (Å²) in [7, 11) is 3.30. The van der Waals surface area contributed by atoms with Crippen LogP contribution in [0, 0.1) is 0 Å². The minimum Gasteiger partial charge on any atom is -0.497 e. The molecular formula is C40H40O5S2. The van der Waals surface area contributed by atoms with Crippen LogP contribution in [-0.4, -0.2) is 30.8 Å². The van der Waals surface area contributed by atoms with Gasteiger partial charge in [-0.15, -0.1) is 23.5 Å². The van der Waals surface area contributed by atoms with E-state index in [1.807, 2.05) is 66.0 Å². The van der Waals surface area contributed by atoms with Crippen LogP contribution in [0.2, 0.25) is 0 Å². The van der Waals surface area contributed by atoms with E-state index in [4.69, 9.17) is 18.9 Å². The maximum Gasteiger partial charge on any atom is 0.169 e. The fourth-order valence-electron chi connectivity index (χ4n) is 5.64. The lowest BCUT2D eigenvalue weighted by molar-refractivity contribution is 0.281. The molecule has 0 unspecified atom stereocenters. The summed E-state index contributed by atoms with van der Waals surface area (Å²) in [5, 5.41) is 10.2. The summed E-state index contributed by atoms with van der Waals surface area (Å²) in [6.07, 6.45) is 2.92. The van der Waals surface area contributed by atoms with Gasteiger partial charge >= 0.3 is 0 Å². The predicted molar refractivity (Wildman–Crippen MR) is 194 cm³/mol. The molecule has 7 heteroatoms. The van der Waals surface area contributed by atoms with E-state index in [-0.39, 0.29) is 6.61 Å². The van der Waals surface area contributed by atoms with Crippen molar-refractivity contribution in [1.29, 1.82) is 0 Å². The highest BCUT2D eigenvalue weighted by Gasteiger charge is 2.17. The van der Waals surface area contributed by atoms with E-state index in [2.05, 4.69) is 66.7 Å². The lowest BCUT2D eigenvalue weighted by Gasteiger charge is -2.21. The van der Waals surface area contributed by atoms with Crippen LogP contribution in [0.3, 0.4) is 0 Å². The molecule has 5 nitrogen and oxygen atoms in total. The first-order chi connectivity index (χ1) is 23.1. The fourth-order valence-corrected chi connectivity index (χ4v) is 8.53. The number of hydrogen-bond acceptors (Lipinski definition) is 7. The number of aryl methyl sites for hydroxylation is 2. The Bertz CT molecular complexity index is 1750. The number of rotatable bonds is 13. The molecule has 0 amide bonds. The van der Waals surface area contributed by atoms with Gasteiger partial charge in [-0.25, -0.2) is 0 Å². The molecule has 0 atom stereocenters. The number of methoxy groups -OCH3 is 2. The summed E-state index contributed by atoms with van der Waals surface area (Å²) in [6, 6.07) is 36.9. The molecule has 0 radical (unpaired) electrons. The van der Waals surface area contributed by atoms with Gasteiger partial charge in [-0.1, -0.05) is 66.7 Å². The second kappa shape index (κ2) is 16.2. The standard InChI is InChI=1S/C40H40O5S2/c1-42-34-17-19-35(32(25-34)26-41)36-18-11-28(23-38(36)44-27-30-7-4-3-5-8-30)9-10-29-12-20-37(43-2)39(24-29)45-33-15-13-31(14-16-33)40-46-21-6-22-47-40/h3-5,7-8,11-20,23-25,40-41H,6,9-10,21-22,26-27H2,1-2H3. The van der Waals surface area contributed by atoms with Crippen LogP contribution < -0.4 is 18.9 Å². The number of aliphatic hydroxyl groups is 1. The second-order valence-corrected chi connectivity index (χ2v) is 14.1. The molecule has 0 bridgehead atoms. The average molecular weight is 665 g/mol. The zero-order chi connectivity index (χ0) is 32.4. The van der Waals surface area contributed by atoms with Gasteiger partial charge in [0, 0.05) is 5.56 Å². The minimum atomic E-state index is -0.100. The lowest BCUT2D eigenvalue weighted by atomic mass is 9.96. The molecule has 6 rings (SSSR count). The van der Waals surface area contributed by atoms with Crippen molar-refractivity contribution in [3.05, 3.63) is 137 Å². The summed E-state index contributed by atoms with van der Waals surface area (Å²) in [5.41, 5.74) is 7.38. The van der Waals surface area contributed by atoms with Crippen LogP contribution in [-0.2, 0) is 26.1 Å². The molecule has 47 heavy (non-hydrogen) atoms. The highest BCUT2D eigenvalue weighted by molar-refractivity contribution is 8.16. The topological polar surface area (TPSA) is 57.2 Å². The van der Waals surface area contributed by atoms with Gasteiger partial charge in [-0.05, 0) is 107 Å². The molecule has 242 valence electrons. The Hall–Kier alpha value is -4.04. The summed E-state index contributed by atoms with van der Waals surface area (Å²) in [6.45, 7) is 0.345. The molecule has 5 aromatic rings. The first-order valence-electron chi connectivity index (χ1n) is 15.9. The molecular weight excluding hydrogens is 625 g/mol. The Labute approximate surface area is 286 Å². The van der Waals surface area contributed by atoms with Gasteiger partial charge in [0.25, 0.3) is 0 Å². The lowest BCUT2D eigenvalue weighted by Crippen LogP contribution is -2.01. The Morgan fingerprint density at radius 3 is 2.02 bits per heavy atom. The number of aliphatic hydroxyl groups excluding tert-OH is 1. The molecule has 0 saturated carbocycles. The van der Waals surface area contributed by atoms with Crippen LogP contribution >= 0.6 is 23.5 Å². The van der Waals surface area contributed by atoms with E-state index in [1.165, 1.54) is 23.5 Å². The molecule has 1 N–H and O–H groups in total. The van der Waals surface area contributed by atoms with Crippen molar-refractivity contribution < 1.29 is 24.1 Å². The number of benzene rings is 5. The van der Waals surface area contributed by atoms with Crippen molar-refractivity contribution in [2.24, 2.45) is 0 Å². The van der Waals surface area contributed by atoms with Crippen LogP contribution in [0.15, 0.2) is 109 Å². The highest BCUT2D eigenvalue weighted by Crippen LogP contribution is 2.44. The van der Waals surface area contributed by atoms with Crippen LogP contribution in [0.5, 0.6) is 28.7 Å². The zero-order valence-corrected chi connectivity index (χ0v) is 28.4. The van der Waals surface area contributed by atoms with Crippen molar-refractivity contribution in [1.82, 2.24) is 0 Å². The van der Waals surface area contributed by atoms with Crippen molar-refractivity contribution in [3.63, 3.8) is 0 Å². The smallest absolute Gasteiger partial charge is 0.169 e. The highest BCUT2D eigenvalue weighted by atomic mass is 32.2. The molecule has 0 aliphatic carbocycles. The molecule has 0 spiro atoms. The average Bonchev–Trinajstić information content (AvgIpc) is 3.14. The van der Waals surface area contributed by atoms with Gasteiger partial charge in [0.05, 0.1) is 25.4 Å². The van der Waals surface area contributed by atoms with Crippen molar-refractivity contribution in [3.8, 4) is 39.9 Å². The van der Waals surface area contributed by atoms with Gasteiger partial charge in [-0.3, -0.25) is 0 Å². The van der Waals surface area contributed by atoms with Gasteiger partial charge in [0.2, 0.25) is 0 Å². The van der Waals surface area contributed by atoms with Crippen LogP contribution in [0.25, 0.3) is 11.1 Å². The first-order valence-corrected chi connectivity index (χ1v) is 18.0. The maximum atomic E-state index is 10.2. The molecule has 1 saturated heterocycles. The third-order valence-corrected chi connectivity index (χ3v) is 11.2. The Morgan fingerprint density at radius 1 is 0.638 bits per heavy atom. The third-order valence-electron chi connectivity index (χ3n) is 8.19. The van der Waals surface area contributed by atoms with Crippen LogP contribution in [0.1, 0.15) is 38.8 Å². The molecule has 0 aromatic heterocycles. The van der Waals surface area contributed by atoms with E-state index in [9.17, 15) is 5.11 Å². The fraction of sp³-hybridized carbons (Fsp3) is 0.250. The second-order valence-electron chi connectivity index (χ2n) is 11.4. The summed E-state index contributed by atoms with van der Waals surface area (Å²) in [5.74, 6) is 6.14.